The summed E-state index contributed by atoms with van der Waals surface area (Å²) in [5, 5.41) is 11.8. The van der Waals surface area contributed by atoms with E-state index in [-0.39, 0.29) is 0 Å². The lowest BCUT2D eigenvalue weighted by Gasteiger charge is -2.27. The highest BCUT2D eigenvalue weighted by Crippen LogP contribution is 2.14. The Labute approximate surface area is 90.7 Å². The van der Waals surface area contributed by atoms with Gasteiger partial charge < -0.3 is 10.2 Å². The predicted molar refractivity (Wildman–Crippen MR) is 61.2 cm³/mol. The normalized spacial score (nSPS) is 17.1. The molecule has 4 nitrogen and oxygen atoms in total. The Hall–Kier alpha value is -1.16. The third kappa shape index (κ3) is 2.45. The highest BCUT2D eigenvalue weighted by Gasteiger charge is 2.12. The molecule has 0 atom stereocenters. The van der Waals surface area contributed by atoms with E-state index >= 15 is 0 Å². The smallest absolute Gasteiger partial charge is 0.151 e. The fourth-order valence-corrected chi connectivity index (χ4v) is 1.71. The van der Waals surface area contributed by atoms with Crippen molar-refractivity contribution >= 4 is 5.82 Å². The minimum atomic E-state index is 0.453. The minimum absolute atomic E-state index is 0.453. The van der Waals surface area contributed by atoms with E-state index in [0.29, 0.717) is 5.92 Å². The first kappa shape index (κ1) is 10.4. The summed E-state index contributed by atoms with van der Waals surface area (Å²) < 4.78 is 0. The van der Waals surface area contributed by atoms with Gasteiger partial charge in [-0.1, -0.05) is 13.8 Å². The number of hydrogen-bond donors (Lipinski definition) is 1. The maximum absolute atomic E-state index is 4.27. The summed E-state index contributed by atoms with van der Waals surface area (Å²) in [6.07, 6.45) is 0. The lowest BCUT2D eigenvalue weighted by molar-refractivity contribution is 0.581. The minimum Gasteiger partial charge on any atom is -0.353 e. The summed E-state index contributed by atoms with van der Waals surface area (Å²) in [6.45, 7) is 8.38. The van der Waals surface area contributed by atoms with Crippen molar-refractivity contribution in [1.29, 1.82) is 0 Å². The molecule has 1 aliphatic rings. The molecule has 1 aliphatic heterocycles. The van der Waals surface area contributed by atoms with Gasteiger partial charge in [0.05, 0.1) is 5.69 Å². The van der Waals surface area contributed by atoms with Crippen LogP contribution in [0.15, 0.2) is 12.1 Å². The molecule has 0 unspecified atom stereocenters. The first-order valence-electron chi connectivity index (χ1n) is 5.56. The molecule has 0 saturated carbocycles. The molecule has 0 bridgehead atoms. The lowest BCUT2D eigenvalue weighted by atomic mass is 10.1. The van der Waals surface area contributed by atoms with Crippen molar-refractivity contribution in [3.8, 4) is 0 Å². The van der Waals surface area contributed by atoms with Crippen LogP contribution in [0.1, 0.15) is 25.5 Å². The number of anilines is 1. The molecule has 15 heavy (non-hydrogen) atoms. The van der Waals surface area contributed by atoms with Crippen LogP contribution in [-0.4, -0.2) is 36.4 Å². The van der Waals surface area contributed by atoms with Crippen molar-refractivity contribution in [2.24, 2.45) is 0 Å². The third-order valence-electron chi connectivity index (χ3n) is 2.70. The van der Waals surface area contributed by atoms with Gasteiger partial charge in [-0.2, -0.15) is 5.10 Å². The van der Waals surface area contributed by atoms with Crippen molar-refractivity contribution in [1.82, 2.24) is 15.5 Å². The Balaban J connectivity index is 2.08. The fourth-order valence-electron chi connectivity index (χ4n) is 1.71. The largest absolute Gasteiger partial charge is 0.353 e. The zero-order chi connectivity index (χ0) is 10.7. The zero-order valence-electron chi connectivity index (χ0n) is 9.40. The summed E-state index contributed by atoms with van der Waals surface area (Å²) in [7, 11) is 0. The third-order valence-corrected chi connectivity index (χ3v) is 2.70. The maximum atomic E-state index is 4.27. The average molecular weight is 206 g/mol. The summed E-state index contributed by atoms with van der Waals surface area (Å²) in [4.78, 5) is 2.27. The molecular formula is C11H18N4. The Morgan fingerprint density at radius 1 is 1.20 bits per heavy atom. The van der Waals surface area contributed by atoms with E-state index in [0.717, 1.165) is 37.7 Å². The van der Waals surface area contributed by atoms with Crippen LogP contribution in [0.5, 0.6) is 0 Å². The molecule has 0 radical (unpaired) electrons. The quantitative estimate of drug-likeness (QED) is 0.784. The zero-order valence-corrected chi connectivity index (χ0v) is 9.40. The predicted octanol–water partition coefficient (Wildman–Crippen LogP) is 1.01. The van der Waals surface area contributed by atoms with E-state index in [1.165, 1.54) is 0 Å². The SMILES string of the molecule is CC(C)c1ccc(N2CCNCC2)nn1. The van der Waals surface area contributed by atoms with Gasteiger partial charge in [-0.25, -0.2) is 0 Å². The van der Waals surface area contributed by atoms with Gasteiger partial charge >= 0.3 is 0 Å². The van der Waals surface area contributed by atoms with Gasteiger partial charge in [-0.3, -0.25) is 0 Å². The van der Waals surface area contributed by atoms with Crippen LogP contribution in [0.3, 0.4) is 0 Å². The van der Waals surface area contributed by atoms with Crippen molar-refractivity contribution in [2.45, 2.75) is 19.8 Å². The topological polar surface area (TPSA) is 41.0 Å². The first-order valence-corrected chi connectivity index (χ1v) is 5.56. The van der Waals surface area contributed by atoms with Crippen molar-refractivity contribution in [3.05, 3.63) is 17.8 Å². The number of aromatic nitrogens is 2. The highest BCUT2D eigenvalue weighted by atomic mass is 15.3. The number of piperazine rings is 1. The Kier molecular flexibility index (Phi) is 3.16. The van der Waals surface area contributed by atoms with Crippen LogP contribution < -0.4 is 10.2 Å². The molecule has 0 amide bonds. The molecular weight excluding hydrogens is 188 g/mol. The Bertz CT molecular complexity index is 301. The number of rotatable bonds is 2. The Morgan fingerprint density at radius 3 is 2.47 bits per heavy atom. The van der Waals surface area contributed by atoms with E-state index in [9.17, 15) is 0 Å². The standard InChI is InChI=1S/C11H18N4/c1-9(2)10-3-4-11(14-13-10)15-7-5-12-6-8-15/h3-4,9,12H,5-8H2,1-2H3. The van der Waals surface area contributed by atoms with Crippen LogP contribution in [0.25, 0.3) is 0 Å². The van der Waals surface area contributed by atoms with Crippen LogP contribution in [0.2, 0.25) is 0 Å². The van der Waals surface area contributed by atoms with Gasteiger partial charge in [-0.05, 0) is 18.1 Å². The first-order chi connectivity index (χ1) is 7.27. The Morgan fingerprint density at radius 2 is 1.93 bits per heavy atom. The molecule has 0 spiro atoms. The molecule has 0 aromatic carbocycles. The summed E-state index contributed by atoms with van der Waals surface area (Å²) >= 11 is 0. The maximum Gasteiger partial charge on any atom is 0.151 e. The average Bonchev–Trinajstić information content (AvgIpc) is 2.30. The molecule has 1 N–H and O–H groups in total. The lowest BCUT2D eigenvalue weighted by Crippen LogP contribution is -2.44. The van der Waals surface area contributed by atoms with Gasteiger partial charge in [0.2, 0.25) is 0 Å². The van der Waals surface area contributed by atoms with Crippen LogP contribution >= 0.6 is 0 Å². The number of hydrogen-bond acceptors (Lipinski definition) is 4. The van der Waals surface area contributed by atoms with E-state index in [1.54, 1.807) is 0 Å². The molecule has 1 aromatic rings. The van der Waals surface area contributed by atoms with Gasteiger partial charge in [0.15, 0.2) is 5.82 Å². The highest BCUT2D eigenvalue weighted by molar-refractivity contribution is 5.38. The van der Waals surface area contributed by atoms with Crippen molar-refractivity contribution in [3.63, 3.8) is 0 Å². The van der Waals surface area contributed by atoms with Crippen LogP contribution in [0, 0.1) is 0 Å². The van der Waals surface area contributed by atoms with Gasteiger partial charge in [-0.15, -0.1) is 5.10 Å². The van der Waals surface area contributed by atoms with Crippen molar-refractivity contribution < 1.29 is 0 Å². The monoisotopic (exact) mass is 206 g/mol. The molecule has 2 heterocycles. The number of nitrogens with one attached hydrogen (secondary N) is 1. The molecule has 4 heteroatoms. The molecule has 0 aliphatic carbocycles. The van der Waals surface area contributed by atoms with Gasteiger partial charge in [0.25, 0.3) is 0 Å². The number of nitrogens with zero attached hydrogens (tertiary/aromatic N) is 3. The van der Waals surface area contributed by atoms with E-state index in [2.05, 4.69) is 46.4 Å². The van der Waals surface area contributed by atoms with Crippen molar-refractivity contribution in [2.75, 3.05) is 31.1 Å². The summed E-state index contributed by atoms with van der Waals surface area (Å²) in [5.74, 6) is 1.45. The molecule has 82 valence electrons. The van der Waals surface area contributed by atoms with Crippen LogP contribution in [0.4, 0.5) is 5.82 Å². The second kappa shape index (κ2) is 4.57. The second-order valence-corrected chi connectivity index (χ2v) is 4.21. The van der Waals surface area contributed by atoms with E-state index in [1.807, 2.05) is 0 Å². The van der Waals surface area contributed by atoms with E-state index < -0.39 is 0 Å². The van der Waals surface area contributed by atoms with Crippen LogP contribution in [-0.2, 0) is 0 Å². The fraction of sp³-hybridized carbons (Fsp3) is 0.636. The molecule has 1 fully saturated rings. The second-order valence-electron chi connectivity index (χ2n) is 4.21. The summed E-state index contributed by atoms with van der Waals surface area (Å²) in [6, 6.07) is 4.16. The summed E-state index contributed by atoms with van der Waals surface area (Å²) in [5.41, 5.74) is 1.06. The van der Waals surface area contributed by atoms with Gasteiger partial charge in [0, 0.05) is 26.2 Å². The molecule has 2 rings (SSSR count). The molecule has 1 aromatic heterocycles. The van der Waals surface area contributed by atoms with E-state index in [4.69, 9.17) is 0 Å². The van der Waals surface area contributed by atoms with Gasteiger partial charge in [0.1, 0.15) is 0 Å². The molecule has 1 saturated heterocycles.